The van der Waals surface area contributed by atoms with Crippen LogP contribution in [0.1, 0.15) is 25.1 Å². The number of urea groups is 1. The minimum absolute atomic E-state index is 0.291. The SMILES string of the molecule is Cc1nsc(NC(=O)Nc2ccccc2N2CCCCC2)n1. The zero-order valence-corrected chi connectivity index (χ0v) is 13.3. The van der Waals surface area contributed by atoms with Crippen LogP contribution in [0.15, 0.2) is 24.3 Å². The molecule has 3 rings (SSSR count). The van der Waals surface area contributed by atoms with Crippen LogP contribution in [0.3, 0.4) is 0 Å². The predicted octanol–water partition coefficient (Wildman–Crippen LogP) is 3.48. The molecule has 2 aromatic rings. The molecule has 2 N–H and O–H groups in total. The first-order chi connectivity index (χ1) is 10.7. The van der Waals surface area contributed by atoms with Gasteiger partial charge in [0.1, 0.15) is 5.82 Å². The summed E-state index contributed by atoms with van der Waals surface area (Å²) in [7, 11) is 0. The van der Waals surface area contributed by atoms with Crippen LogP contribution in [0.5, 0.6) is 0 Å². The summed E-state index contributed by atoms with van der Waals surface area (Å²) < 4.78 is 4.05. The number of benzene rings is 1. The van der Waals surface area contributed by atoms with Crippen LogP contribution in [0.2, 0.25) is 0 Å². The average Bonchev–Trinajstić information content (AvgIpc) is 2.93. The van der Waals surface area contributed by atoms with Crippen molar-refractivity contribution in [3.8, 4) is 0 Å². The Hall–Kier alpha value is -2.15. The number of rotatable bonds is 3. The molecule has 1 fully saturated rings. The highest BCUT2D eigenvalue weighted by molar-refractivity contribution is 7.09. The monoisotopic (exact) mass is 317 g/mol. The van der Waals surface area contributed by atoms with E-state index >= 15 is 0 Å². The fourth-order valence-corrected chi connectivity index (χ4v) is 3.16. The van der Waals surface area contributed by atoms with Gasteiger partial charge in [0, 0.05) is 24.6 Å². The summed E-state index contributed by atoms with van der Waals surface area (Å²) in [4.78, 5) is 18.6. The topological polar surface area (TPSA) is 70.2 Å². The lowest BCUT2D eigenvalue weighted by Crippen LogP contribution is -2.30. The van der Waals surface area contributed by atoms with Crippen molar-refractivity contribution in [1.82, 2.24) is 9.36 Å². The smallest absolute Gasteiger partial charge is 0.325 e. The van der Waals surface area contributed by atoms with Crippen LogP contribution in [-0.2, 0) is 0 Å². The number of aromatic nitrogens is 2. The molecule has 0 spiro atoms. The number of anilines is 3. The van der Waals surface area contributed by atoms with E-state index in [0.717, 1.165) is 24.5 Å². The fourth-order valence-electron chi connectivity index (χ4n) is 2.59. The molecule has 0 saturated carbocycles. The summed E-state index contributed by atoms with van der Waals surface area (Å²) in [6, 6.07) is 7.62. The molecule has 1 aliphatic heterocycles. The first-order valence-electron chi connectivity index (χ1n) is 7.45. The van der Waals surface area contributed by atoms with Crippen molar-refractivity contribution in [2.24, 2.45) is 0 Å². The van der Waals surface area contributed by atoms with E-state index < -0.39 is 0 Å². The van der Waals surface area contributed by atoms with E-state index in [1.54, 1.807) is 6.92 Å². The standard InChI is InChI=1S/C15H19N5OS/c1-11-16-15(22-19-11)18-14(21)17-12-7-3-4-8-13(12)20-9-5-2-6-10-20/h3-4,7-8H,2,5-6,9-10H2,1H3,(H2,16,17,18,19,21). The van der Waals surface area contributed by atoms with Gasteiger partial charge >= 0.3 is 6.03 Å². The van der Waals surface area contributed by atoms with Gasteiger partial charge < -0.3 is 10.2 Å². The molecular weight excluding hydrogens is 298 g/mol. The molecule has 0 aliphatic carbocycles. The van der Waals surface area contributed by atoms with E-state index in [0.29, 0.717) is 11.0 Å². The lowest BCUT2D eigenvalue weighted by molar-refractivity contribution is 0.262. The molecule has 116 valence electrons. The summed E-state index contributed by atoms with van der Waals surface area (Å²) in [5, 5.41) is 6.14. The molecule has 0 bridgehead atoms. The Bertz CT molecular complexity index is 651. The highest BCUT2D eigenvalue weighted by atomic mass is 32.1. The number of hydrogen-bond acceptors (Lipinski definition) is 5. The Morgan fingerprint density at radius 1 is 1.18 bits per heavy atom. The second-order valence-corrected chi connectivity index (χ2v) is 6.04. The number of hydrogen-bond donors (Lipinski definition) is 2. The van der Waals surface area contributed by atoms with Gasteiger partial charge in [-0.05, 0) is 38.3 Å². The van der Waals surface area contributed by atoms with Gasteiger partial charge in [0.2, 0.25) is 5.13 Å². The van der Waals surface area contributed by atoms with Gasteiger partial charge in [-0.15, -0.1) is 0 Å². The highest BCUT2D eigenvalue weighted by Gasteiger charge is 2.15. The molecule has 2 heterocycles. The number of amides is 2. The second-order valence-electron chi connectivity index (χ2n) is 5.29. The van der Waals surface area contributed by atoms with Crippen LogP contribution < -0.4 is 15.5 Å². The molecule has 7 heteroatoms. The summed E-state index contributed by atoms with van der Waals surface area (Å²) in [5.74, 6) is 0.661. The summed E-state index contributed by atoms with van der Waals surface area (Å²) in [5.41, 5.74) is 1.90. The van der Waals surface area contributed by atoms with Crippen LogP contribution in [0.4, 0.5) is 21.3 Å². The minimum Gasteiger partial charge on any atom is -0.370 e. The zero-order valence-electron chi connectivity index (χ0n) is 12.5. The maximum atomic E-state index is 12.1. The molecule has 1 aromatic heterocycles. The summed E-state index contributed by atoms with van der Waals surface area (Å²) >= 11 is 1.18. The molecule has 1 aromatic carbocycles. The molecule has 22 heavy (non-hydrogen) atoms. The molecule has 1 saturated heterocycles. The van der Waals surface area contributed by atoms with Crippen LogP contribution in [-0.4, -0.2) is 28.5 Å². The van der Waals surface area contributed by atoms with Crippen LogP contribution in [0.25, 0.3) is 0 Å². The molecule has 0 radical (unpaired) electrons. The van der Waals surface area contributed by atoms with E-state index in [-0.39, 0.29) is 6.03 Å². The van der Waals surface area contributed by atoms with Crippen molar-refractivity contribution < 1.29 is 4.79 Å². The quantitative estimate of drug-likeness (QED) is 0.909. The first kappa shape index (κ1) is 14.8. The number of carbonyl (C=O) groups is 1. The van der Waals surface area contributed by atoms with Crippen LogP contribution in [0, 0.1) is 6.92 Å². The van der Waals surface area contributed by atoms with Gasteiger partial charge in [-0.2, -0.15) is 4.37 Å². The molecule has 0 atom stereocenters. The molecular formula is C15H19N5OS. The molecule has 2 amide bonds. The van der Waals surface area contributed by atoms with E-state index in [9.17, 15) is 4.79 Å². The lowest BCUT2D eigenvalue weighted by Gasteiger charge is -2.30. The Morgan fingerprint density at radius 3 is 2.68 bits per heavy atom. The van der Waals surface area contributed by atoms with E-state index in [1.807, 2.05) is 18.2 Å². The Balaban J connectivity index is 1.70. The number of carbonyl (C=O) groups excluding carboxylic acids is 1. The maximum Gasteiger partial charge on any atom is 0.325 e. The number of para-hydroxylation sites is 2. The fraction of sp³-hybridized carbons (Fsp3) is 0.400. The van der Waals surface area contributed by atoms with Gasteiger partial charge in [0.25, 0.3) is 0 Å². The maximum absolute atomic E-state index is 12.1. The molecule has 1 aliphatic rings. The third-order valence-corrected chi connectivity index (χ3v) is 4.32. The highest BCUT2D eigenvalue weighted by Crippen LogP contribution is 2.28. The van der Waals surface area contributed by atoms with E-state index in [1.165, 1.54) is 30.8 Å². The second kappa shape index (κ2) is 6.74. The van der Waals surface area contributed by atoms with Crippen molar-refractivity contribution in [3.05, 3.63) is 30.1 Å². The van der Waals surface area contributed by atoms with Gasteiger partial charge in [-0.1, -0.05) is 12.1 Å². The third kappa shape index (κ3) is 3.54. The van der Waals surface area contributed by atoms with Gasteiger partial charge in [0.05, 0.1) is 11.4 Å². The van der Waals surface area contributed by atoms with Crippen molar-refractivity contribution in [1.29, 1.82) is 0 Å². The van der Waals surface area contributed by atoms with Crippen molar-refractivity contribution in [2.75, 3.05) is 28.6 Å². The Labute approximate surface area is 133 Å². The van der Waals surface area contributed by atoms with Gasteiger partial charge in [-0.25, -0.2) is 9.78 Å². The normalized spacial score (nSPS) is 14.7. The van der Waals surface area contributed by atoms with Crippen molar-refractivity contribution >= 4 is 34.1 Å². The molecule has 6 nitrogen and oxygen atoms in total. The number of piperidine rings is 1. The number of nitrogens with one attached hydrogen (secondary N) is 2. The van der Waals surface area contributed by atoms with Crippen molar-refractivity contribution in [2.45, 2.75) is 26.2 Å². The third-order valence-electron chi connectivity index (χ3n) is 3.60. The van der Waals surface area contributed by atoms with Crippen LogP contribution >= 0.6 is 11.5 Å². The number of aryl methyl sites for hydroxylation is 1. The lowest BCUT2D eigenvalue weighted by atomic mass is 10.1. The Kier molecular flexibility index (Phi) is 4.53. The number of nitrogens with zero attached hydrogens (tertiary/aromatic N) is 3. The minimum atomic E-state index is -0.291. The summed E-state index contributed by atoms with van der Waals surface area (Å²) in [6.45, 7) is 3.87. The van der Waals surface area contributed by atoms with Gasteiger partial charge in [0.15, 0.2) is 0 Å². The summed E-state index contributed by atoms with van der Waals surface area (Å²) in [6.07, 6.45) is 3.68. The Morgan fingerprint density at radius 2 is 1.95 bits per heavy atom. The van der Waals surface area contributed by atoms with Crippen molar-refractivity contribution in [3.63, 3.8) is 0 Å². The average molecular weight is 317 g/mol. The van der Waals surface area contributed by atoms with E-state index in [4.69, 9.17) is 0 Å². The van der Waals surface area contributed by atoms with Gasteiger partial charge in [-0.3, -0.25) is 5.32 Å². The van der Waals surface area contributed by atoms with E-state index in [2.05, 4.69) is 31.0 Å². The predicted molar refractivity (Wildman–Crippen MR) is 89.8 cm³/mol. The molecule has 0 unspecified atom stereocenters. The largest absolute Gasteiger partial charge is 0.370 e. The zero-order chi connectivity index (χ0) is 15.4. The first-order valence-corrected chi connectivity index (χ1v) is 8.22.